The van der Waals surface area contributed by atoms with Gasteiger partial charge < -0.3 is 0 Å². The third-order valence-corrected chi connectivity index (χ3v) is 7.78. The van der Waals surface area contributed by atoms with E-state index in [4.69, 9.17) is 9.47 Å². The van der Waals surface area contributed by atoms with Crippen LogP contribution in [0.15, 0.2) is 109 Å². The number of ether oxygens (including phenoxy) is 2. The fourth-order valence-electron chi connectivity index (χ4n) is 4.36. The average molecular weight is 683 g/mol. The fraction of sp³-hybridized carbons (Fsp3) is 0.242. The third-order valence-electron chi connectivity index (χ3n) is 6.31. The molecule has 0 saturated heterocycles. The summed E-state index contributed by atoms with van der Waals surface area (Å²) in [5.41, 5.74) is 7.14. The van der Waals surface area contributed by atoms with Crippen LogP contribution in [-0.4, -0.2) is 43.6 Å². The zero-order valence-electron chi connectivity index (χ0n) is 22.2. The molecule has 0 spiro atoms. The molecule has 198 valence electrons. The zero-order chi connectivity index (χ0) is 26.6. The number of rotatable bonds is 14. The monoisotopic (exact) mass is 684 g/mol. The molecule has 4 aromatic rings. The fourth-order valence-corrected chi connectivity index (χ4v) is 5.21. The van der Waals surface area contributed by atoms with Crippen molar-refractivity contribution in [3.8, 4) is 0 Å². The molecule has 4 rings (SSSR count). The zero-order valence-corrected chi connectivity index (χ0v) is 24.7. The van der Waals surface area contributed by atoms with E-state index in [1.807, 2.05) is 32.0 Å². The summed E-state index contributed by atoms with van der Waals surface area (Å²) in [7, 11) is 0. The van der Waals surface area contributed by atoms with E-state index in [1.165, 1.54) is 37.9 Å². The Labute approximate surface area is 237 Å². The molecule has 0 saturated carbocycles. The van der Waals surface area contributed by atoms with Crippen LogP contribution < -0.4 is 9.80 Å². The van der Waals surface area contributed by atoms with E-state index in [1.54, 1.807) is 0 Å². The second-order valence-electron chi connectivity index (χ2n) is 8.76. The van der Waals surface area contributed by atoms with Crippen molar-refractivity contribution in [2.45, 2.75) is 13.8 Å². The van der Waals surface area contributed by atoms with Gasteiger partial charge >= 0.3 is 238 Å². The number of para-hydroxylation sites is 2. The SMILES string of the molecule is CCOCCN(c1ccccc1)c1ccc([C](=[Os])c2ccc(N(CCOCC)c3ccccc3)cc2)cc1. The van der Waals surface area contributed by atoms with Crippen LogP contribution in [0.4, 0.5) is 22.7 Å². The molecule has 0 N–H and O–H groups in total. The number of hydrogen-bond acceptors (Lipinski definition) is 4. The first kappa shape index (κ1) is 27.9. The maximum absolute atomic E-state index is 5.65. The van der Waals surface area contributed by atoms with Crippen molar-refractivity contribution in [3.05, 3.63) is 120 Å². The molecule has 0 aromatic heterocycles. The van der Waals surface area contributed by atoms with Crippen LogP contribution in [0.3, 0.4) is 0 Å². The summed E-state index contributed by atoms with van der Waals surface area (Å²) in [6.07, 6.45) is 0. The quantitative estimate of drug-likeness (QED) is 0.132. The first-order valence-electron chi connectivity index (χ1n) is 13.2. The molecule has 0 bridgehead atoms. The van der Waals surface area contributed by atoms with Crippen LogP contribution in [0.1, 0.15) is 25.0 Å². The van der Waals surface area contributed by atoms with E-state index in [0.29, 0.717) is 13.2 Å². The summed E-state index contributed by atoms with van der Waals surface area (Å²) in [5, 5.41) is 0. The van der Waals surface area contributed by atoms with Crippen molar-refractivity contribution in [2.24, 2.45) is 0 Å². The molecule has 0 radical (unpaired) electrons. The van der Waals surface area contributed by atoms with Gasteiger partial charge in [0, 0.05) is 0 Å². The van der Waals surface area contributed by atoms with Crippen LogP contribution in [-0.2, 0) is 27.6 Å². The molecule has 0 fully saturated rings. The van der Waals surface area contributed by atoms with E-state index >= 15 is 0 Å². The molecule has 0 aliphatic heterocycles. The summed E-state index contributed by atoms with van der Waals surface area (Å²) < 4.78 is 12.6. The van der Waals surface area contributed by atoms with E-state index in [-0.39, 0.29) is 0 Å². The molecule has 0 unspecified atom stereocenters. The van der Waals surface area contributed by atoms with Crippen molar-refractivity contribution in [3.63, 3.8) is 0 Å². The second-order valence-corrected chi connectivity index (χ2v) is 10.0. The molecule has 4 nitrogen and oxygen atoms in total. The van der Waals surface area contributed by atoms with E-state index in [9.17, 15) is 0 Å². The number of anilines is 4. The Morgan fingerprint density at radius 1 is 0.526 bits per heavy atom. The first-order chi connectivity index (χ1) is 18.7. The summed E-state index contributed by atoms with van der Waals surface area (Å²) in [6, 6.07) is 38.7. The molecule has 5 heteroatoms. The molecule has 4 aromatic carbocycles. The normalized spacial score (nSPS) is 10.8. The van der Waals surface area contributed by atoms with Gasteiger partial charge in [0.25, 0.3) is 0 Å². The Hall–Kier alpha value is -3.09. The van der Waals surface area contributed by atoms with Crippen LogP contribution >= 0.6 is 0 Å². The molecule has 0 aliphatic carbocycles. The summed E-state index contributed by atoms with van der Waals surface area (Å²) in [4.78, 5) is 4.62. The van der Waals surface area contributed by atoms with Gasteiger partial charge in [-0.05, 0) is 0 Å². The summed E-state index contributed by atoms with van der Waals surface area (Å²) >= 11 is 1.95. The van der Waals surface area contributed by atoms with Crippen LogP contribution in [0.2, 0.25) is 0 Å². The van der Waals surface area contributed by atoms with Crippen molar-refractivity contribution < 1.29 is 27.6 Å². The topological polar surface area (TPSA) is 24.9 Å². The average Bonchev–Trinajstić information content (AvgIpc) is 2.98. The first-order valence-corrected chi connectivity index (χ1v) is 14.5. The van der Waals surface area contributed by atoms with Gasteiger partial charge in [-0.2, -0.15) is 0 Å². The second kappa shape index (κ2) is 14.7. The molecule has 0 heterocycles. The number of benzene rings is 4. The Bertz CT molecular complexity index is 1150. The van der Waals surface area contributed by atoms with Gasteiger partial charge in [0.1, 0.15) is 0 Å². The molecular weight excluding hydrogens is 647 g/mol. The van der Waals surface area contributed by atoms with Gasteiger partial charge in [-0.25, -0.2) is 0 Å². The molecule has 0 aliphatic rings. The Kier molecular flexibility index (Phi) is 10.8. The summed E-state index contributed by atoms with van der Waals surface area (Å²) in [5.74, 6) is 0. The van der Waals surface area contributed by atoms with Crippen molar-refractivity contribution in [1.29, 1.82) is 0 Å². The summed E-state index contributed by atoms with van der Waals surface area (Å²) in [6.45, 7) is 8.53. The van der Waals surface area contributed by atoms with E-state index in [0.717, 1.165) is 26.3 Å². The van der Waals surface area contributed by atoms with Crippen LogP contribution in [0, 0.1) is 0 Å². The van der Waals surface area contributed by atoms with Gasteiger partial charge in [0.2, 0.25) is 0 Å². The molecular formula is C33H36N2O2Os. The Balaban J connectivity index is 1.50. The minimum absolute atomic E-state index is 0.691. The van der Waals surface area contributed by atoms with Gasteiger partial charge in [0.15, 0.2) is 0 Å². The minimum atomic E-state index is 0.691. The van der Waals surface area contributed by atoms with E-state index in [2.05, 4.69) is 119 Å². The number of hydrogen-bond donors (Lipinski definition) is 0. The Morgan fingerprint density at radius 3 is 1.21 bits per heavy atom. The maximum atomic E-state index is 5.65. The van der Waals surface area contributed by atoms with E-state index < -0.39 is 0 Å². The van der Waals surface area contributed by atoms with Crippen molar-refractivity contribution >= 4 is 26.8 Å². The molecule has 0 atom stereocenters. The number of nitrogens with zero attached hydrogens (tertiary/aromatic N) is 2. The van der Waals surface area contributed by atoms with Crippen LogP contribution in [0.5, 0.6) is 0 Å². The molecule has 0 amide bonds. The van der Waals surface area contributed by atoms with Gasteiger partial charge in [-0.1, -0.05) is 0 Å². The van der Waals surface area contributed by atoms with Gasteiger partial charge in [0.05, 0.1) is 0 Å². The van der Waals surface area contributed by atoms with Gasteiger partial charge in [-0.3, -0.25) is 0 Å². The van der Waals surface area contributed by atoms with Crippen molar-refractivity contribution in [1.82, 2.24) is 0 Å². The van der Waals surface area contributed by atoms with Crippen molar-refractivity contribution in [2.75, 3.05) is 49.3 Å². The van der Waals surface area contributed by atoms with Crippen LogP contribution in [0.25, 0.3) is 0 Å². The third kappa shape index (κ3) is 7.48. The van der Waals surface area contributed by atoms with Gasteiger partial charge in [-0.15, -0.1) is 0 Å². The Morgan fingerprint density at radius 2 is 0.868 bits per heavy atom. The molecule has 38 heavy (non-hydrogen) atoms. The standard InChI is InChI=1S/C33H36N2O2.Os/c1-3-36-25-23-34(30-11-7-5-8-12-30)32-19-15-28(16-20-32)27-29-17-21-33(22-18-29)35(24-26-37-4-2)31-13-9-6-10-14-31;/h5-22H,3-4,23-26H2,1-2H3;. The predicted molar refractivity (Wildman–Crippen MR) is 156 cm³/mol. The predicted octanol–water partition coefficient (Wildman–Crippen LogP) is 7.15.